The Morgan fingerprint density at radius 1 is 1.71 bits per heavy atom. The van der Waals surface area contributed by atoms with Crippen LogP contribution in [0.15, 0.2) is 12.4 Å². The van der Waals surface area contributed by atoms with Gasteiger partial charge in [0.1, 0.15) is 0 Å². The van der Waals surface area contributed by atoms with Gasteiger partial charge in [-0.1, -0.05) is 0 Å². The van der Waals surface area contributed by atoms with Crippen molar-refractivity contribution in [1.29, 1.82) is 0 Å². The molecule has 0 aliphatic carbocycles. The van der Waals surface area contributed by atoms with Crippen LogP contribution in [-0.2, 0) is 13.6 Å². The lowest BCUT2D eigenvalue weighted by atomic mass is 10.4. The van der Waals surface area contributed by atoms with E-state index in [1.807, 2.05) is 20.2 Å². The Labute approximate surface area is 83.7 Å². The van der Waals surface area contributed by atoms with Crippen LogP contribution in [0.2, 0.25) is 0 Å². The summed E-state index contributed by atoms with van der Waals surface area (Å²) < 4.78 is 1.71. The van der Waals surface area contributed by atoms with E-state index in [-0.39, 0.29) is 6.03 Å². The second-order valence-corrected chi connectivity index (χ2v) is 3.20. The number of urea groups is 1. The van der Waals surface area contributed by atoms with Gasteiger partial charge in [-0.2, -0.15) is 5.10 Å². The van der Waals surface area contributed by atoms with E-state index < -0.39 is 0 Å². The highest BCUT2D eigenvalue weighted by Gasteiger charge is 2.05. The van der Waals surface area contributed by atoms with Crippen LogP contribution >= 0.6 is 0 Å². The van der Waals surface area contributed by atoms with Crippen molar-refractivity contribution in [2.24, 2.45) is 7.05 Å². The molecule has 0 radical (unpaired) electrons. The summed E-state index contributed by atoms with van der Waals surface area (Å²) in [6.45, 7) is 3.17. The molecule has 78 valence electrons. The minimum atomic E-state index is -0.0589. The maximum Gasteiger partial charge on any atom is 0.317 e. The van der Waals surface area contributed by atoms with Crippen LogP contribution in [0.3, 0.4) is 0 Å². The number of hydrogen-bond donors (Lipinski definition) is 1. The molecule has 5 heteroatoms. The van der Waals surface area contributed by atoms with Crippen LogP contribution in [-0.4, -0.2) is 34.3 Å². The summed E-state index contributed by atoms with van der Waals surface area (Å²) in [4.78, 5) is 13.0. The monoisotopic (exact) mass is 196 g/mol. The van der Waals surface area contributed by atoms with E-state index in [0.717, 1.165) is 5.56 Å². The summed E-state index contributed by atoms with van der Waals surface area (Å²) in [6.07, 6.45) is 3.62. The number of rotatable bonds is 3. The number of hydrogen-bond acceptors (Lipinski definition) is 2. The summed E-state index contributed by atoms with van der Waals surface area (Å²) in [5.74, 6) is 0. The number of carbonyl (C=O) groups excluding carboxylic acids is 1. The fourth-order valence-electron chi connectivity index (χ4n) is 1.02. The molecule has 0 spiro atoms. The second kappa shape index (κ2) is 4.64. The lowest BCUT2D eigenvalue weighted by Crippen LogP contribution is -2.36. The average Bonchev–Trinajstić information content (AvgIpc) is 2.59. The van der Waals surface area contributed by atoms with Gasteiger partial charge in [-0.05, 0) is 6.92 Å². The molecule has 1 aromatic rings. The molecule has 0 bridgehead atoms. The molecule has 1 heterocycles. The van der Waals surface area contributed by atoms with E-state index in [2.05, 4.69) is 10.4 Å². The first kappa shape index (κ1) is 10.6. The predicted molar refractivity (Wildman–Crippen MR) is 53.7 cm³/mol. The van der Waals surface area contributed by atoms with Gasteiger partial charge in [0, 0.05) is 38.9 Å². The predicted octanol–water partition coefficient (Wildman–Crippen LogP) is 0.581. The molecule has 5 nitrogen and oxygen atoms in total. The molecule has 0 atom stereocenters. The van der Waals surface area contributed by atoms with E-state index in [0.29, 0.717) is 13.1 Å². The summed E-state index contributed by atoms with van der Waals surface area (Å²) in [6, 6.07) is -0.0589. The molecule has 0 unspecified atom stereocenters. The Hall–Kier alpha value is -1.52. The van der Waals surface area contributed by atoms with Crippen molar-refractivity contribution >= 4 is 6.03 Å². The van der Waals surface area contributed by atoms with E-state index >= 15 is 0 Å². The Bertz CT molecular complexity index is 308. The highest BCUT2D eigenvalue weighted by molar-refractivity contribution is 5.73. The zero-order valence-electron chi connectivity index (χ0n) is 8.82. The second-order valence-electron chi connectivity index (χ2n) is 3.20. The Morgan fingerprint density at radius 2 is 2.43 bits per heavy atom. The summed E-state index contributed by atoms with van der Waals surface area (Å²) in [5, 5.41) is 6.81. The van der Waals surface area contributed by atoms with Crippen LogP contribution < -0.4 is 5.32 Å². The van der Waals surface area contributed by atoms with Gasteiger partial charge < -0.3 is 10.2 Å². The molecule has 2 amide bonds. The third-order valence-electron chi connectivity index (χ3n) is 2.02. The summed E-state index contributed by atoms with van der Waals surface area (Å²) in [7, 11) is 3.61. The van der Waals surface area contributed by atoms with Gasteiger partial charge in [0.2, 0.25) is 0 Å². The van der Waals surface area contributed by atoms with Gasteiger partial charge in [0.05, 0.1) is 6.20 Å². The quantitative estimate of drug-likeness (QED) is 0.768. The minimum absolute atomic E-state index is 0.0589. The molecule has 1 aromatic heterocycles. The minimum Gasteiger partial charge on any atom is -0.334 e. The zero-order chi connectivity index (χ0) is 10.6. The molecular weight excluding hydrogens is 180 g/mol. The molecule has 0 fully saturated rings. The van der Waals surface area contributed by atoms with Crippen LogP contribution in [0.25, 0.3) is 0 Å². The molecule has 0 aliphatic heterocycles. The molecule has 1 rings (SSSR count). The number of nitrogens with zero attached hydrogens (tertiary/aromatic N) is 3. The number of aryl methyl sites for hydroxylation is 1. The molecule has 0 saturated heterocycles. The average molecular weight is 196 g/mol. The van der Waals surface area contributed by atoms with E-state index in [1.54, 1.807) is 22.8 Å². The van der Waals surface area contributed by atoms with Crippen molar-refractivity contribution < 1.29 is 4.79 Å². The van der Waals surface area contributed by atoms with Gasteiger partial charge >= 0.3 is 6.03 Å². The van der Waals surface area contributed by atoms with Crippen LogP contribution in [0.4, 0.5) is 4.79 Å². The van der Waals surface area contributed by atoms with Crippen LogP contribution in [0.5, 0.6) is 0 Å². The SMILES string of the molecule is CCN(C)C(=O)NCc1cnn(C)c1. The highest BCUT2D eigenvalue weighted by Crippen LogP contribution is 1.95. The number of aromatic nitrogens is 2. The van der Waals surface area contributed by atoms with Crippen molar-refractivity contribution in [1.82, 2.24) is 20.0 Å². The van der Waals surface area contributed by atoms with Crippen molar-refractivity contribution in [3.05, 3.63) is 18.0 Å². The van der Waals surface area contributed by atoms with Crippen molar-refractivity contribution in [2.75, 3.05) is 13.6 Å². The topological polar surface area (TPSA) is 50.2 Å². The first-order valence-electron chi connectivity index (χ1n) is 4.60. The number of nitrogens with one attached hydrogen (secondary N) is 1. The Morgan fingerprint density at radius 3 is 2.93 bits per heavy atom. The van der Waals surface area contributed by atoms with E-state index in [4.69, 9.17) is 0 Å². The Balaban J connectivity index is 2.37. The summed E-state index contributed by atoms with van der Waals surface area (Å²) in [5.41, 5.74) is 1.00. The highest BCUT2D eigenvalue weighted by atomic mass is 16.2. The van der Waals surface area contributed by atoms with E-state index in [1.165, 1.54) is 0 Å². The maximum atomic E-state index is 11.3. The first-order valence-corrected chi connectivity index (χ1v) is 4.60. The standard InChI is InChI=1S/C9H16N4O/c1-4-12(2)9(14)10-5-8-6-11-13(3)7-8/h6-7H,4-5H2,1-3H3,(H,10,14). The van der Waals surface area contributed by atoms with Crippen molar-refractivity contribution in [3.8, 4) is 0 Å². The lowest BCUT2D eigenvalue weighted by Gasteiger charge is -2.14. The van der Waals surface area contributed by atoms with Gasteiger partial charge in [-0.15, -0.1) is 0 Å². The molecule has 0 aliphatic rings. The maximum absolute atomic E-state index is 11.3. The number of amides is 2. The largest absolute Gasteiger partial charge is 0.334 e. The third kappa shape index (κ3) is 2.76. The fourth-order valence-corrected chi connectivity index (χ4v) is 1.02. The van der Waals surface area contributed by atoms with Gasteiger partial charge in [0.15, 0.2) is 0 Å². The van der Waals surface area contributed by atoms with Gasteiger partial charge in [0.25, 0.3) is 0 Å². The molecule has 0 aromatic carbocycles. The summed E-state index contributed by atoms with van der Waals surface area (Å²) >= 11 is 0. The Kier molecular flexibility index (Phi) is 3.50. The molecule has 1 N–H and O–H groups in total. The van der Waals surface area contributed by atoms with Crippen LogP contribution in [0, 0.1) is 0 Å². The molecule has 14 heavy (non-hydrogen) atoms. The lowest BCUT2D eigenvalue weighted by molar-refractivity contribution is 0.210. The zero-order valence-corrected chi connectivity index (χ0v) is 8.82. The molecule has 0 saturated carbocycles. The van der Waals surface area contributed by atoms with Crippen molar-refractivity contribution in [2.45, 2.75) is 13.5 Å². The fraction of sp³-hybridized carbons (Fsp3) is 0.556. The smallest absolute Gasteiger partial charge is 0.317 e. The normalized spacial score (nSPS) is 9.93. The van der Waals surface area contributed by atoms with Gasteiger partial charge in [-0.25, -0.2) is 4.79 Å². The van der Waals surface area contributed by atoms with Crippen LogP contribution in [0.1, 0.15) is 12.5 Å². The third-order valence-corrected chi connectivity index (χ3v) is 2.02. The molecular formula is C9H16N4O. The van der Waals surface area contributed by atoms with E-state index in [9.17, 15) is 4.79 Å². The van der Waals surface area contributed by atoms with Gasteiger partial charge in [-0.3, -0.25) is 4.68 Å². The number of carbonyl (C=O) groups is 1. The van der Waals surface area contributed by atoms with Crippen molar-refractivity contribution in [3.63, 3.8) is 0 Å². The first-order chi connectivity index (χ1) is 6.63.